The Morgan fingerprint density at radius 2 is 1.74 bits per heavy atom. The molecule has 0 bridgehead atoms. The fourth-order valence-electron chi connectivity index (χ4n) is 3.11. The van der Waals surface area contributed by atoms with Crippen LogP contribution in [0.2, 0.25) is 0 Å². The highest BCUT2D eigenvalue weighted by molar-refractivity contribution is 5.52. The van der Waals surface area contributed by atoms with Crippen LogP contribution in [0.1, 0.15) is 29.8 Å². The summed E-state index contributed by atoms with van der Waals surface area (Å²) in [6.45, 7) is 4.78. The summed E-state index contributed by atoms with van der Waals surface area (Å²) < 4.78 is 12.4. The molecule has 0 saturated carbocycles. The Balaban J connectivity index is 1.75. The van der Waals surface area contributed by atoms with Crippen LogP contribution in [-0.4, -0.2) is 29.1 Å². The molecule has 3 aromatic rings. The van der Waals surface area contributed by atoms with Gasteiger partial charge in [-0.25, -0.2) is 4.68 Å². The van der Waals surface area contributed by atoms with Crippen molar-refractivity contribution in [3.8, 4) is 22.9 Å². The molecular weight excluding hydrogens is 342 g/mol. The van der Waals surface area contributed by atoms with Crippen molar-refractivity contribution in [2.24, 2.45) is 0 Å². The smallest absolute Gasteiger partial charge is 0.200 e. The minimum atomic E-state index is 0.0109. The summed E-state index contributed by atoms with van der Waals surface area (Å²) in [6, 6.07) is 13.8. The largest absolute Gasteiger partial charge is 0.502 e. The van der Waals surface area contributed by atoms with Crippen molar-refractivity contribution in [2.75, 3.05) is 14.2 Å². The molecule has 0 aliphatic rings. The first kappa shape index (κ1) is 18.8. The van der Waals surface area contributed by atoms with E-state index in [1.807, 2.05) is 41.2 Å². The Morgan fingerprint density at radius 1 is 1.11 bits per heavy atom. The second-order valence-electron chi connectivity index (χ2n) is 6.38. The first-order chi connectivity index (χ1) is 13.0. The minimum absolute atomic E-state index is 0.0109. The number of benzene rings is 2. The zero-order valence-corrected chi connectivity index (χ0v) is 16.1. The number of nitrogens with one attached hydrogen (secondary N) is 1. The van der Waals surface area contributed by atoms with Crippen molar-refractivity contribution in [1.29, 1.82) is 0 Å². The molecule has 0 saturated heterocycles. The maximum absolute atomic E-state index is 10.0. The van der Waals surface area contributed by atoms with E-state index in [0.29, 0.717) is 18.0 Å². The summed E-state index contributed by atoms with van der Waals surface area (Å²) in [6.07, 6.45) is 1.90. The van der Waals surface area contributed by atoms with E-state index in [1.54, 1.807) is 12.1 Å². The number of aromatic nitrogens is 2. The van der Waals surface area contributed by atoms with E-state index in [9.17, 15) is 5.11 Å². The third-order valence-corrected chi connectivity index (χ3v) is 4.67. The Hall–Kier alpha value is -2.99. The van der Waals surface area contributed by atoms with Crippen molar-refractivity contribution in [3.05, 3.63) is 65.5 Å². The molecule has 6 nitrogen and oxygen atoms in total. The lowest BCUT2D eigenvalue weighted by atomic mass is 10.1. The lowest BCUT2D eigenvalue weighted by molar-refractivity contribution is 0.339. The highest BCUT2D eigenvalue weighted by Crippen LogP contribution is 2.37. The molecule has 142 valence electrons. The van der Waals surface area contributed by atoms with Crippen LogP contribution in [0, 0.1) is 6.92 Å². The quantitative estimate of drug-likeness (QED) is 0.666. The number of rotatable bonds is 7. The van der Waals surface area contributed by atoms with Gasteiger partial charge in [0.2, 0.25) is 5.75 Å². The van der Waals surface area contributed by atoms with Crippen LogP contribution in [0.25, 0.3) is 5.69 Å². The molecule has 3 rings (SSSR count). The fourth-order valence-corrected chi connectivity index (χ4v) is 3.11. The molecule has 1 unspecified atom stereocenters. The molecule has 2 aromatic carbocycles. The van der Waals surface area contributed by atoms with Gasteiger partial charge in [0.05, 0.1) is 26.1 Å². The maximum atomic E-state index is 10.0. The van der Waals surface area contributed by atoms with E-state index in [4.69, 9.17) is 9.47 Å². The second-order valence-corrected chi connectivity index (χ2v) is 6.38. The number of aromatic hydroxyl groups is 1. The van der Waals surface area contributed by atoms with Crippen LogP contribution in [0.3, 0.4) is 0 Å². The highest BCUT2D eigenvalue weighted by atomic mass is 16.5. The average molecular weight is 367 g/mol. The number of nitrogens with zero attached hydrogens (tertiary/aromatic N) is 2. The lowest BCUT2D eigenvalue weighted by Gasteiger charge is -2.16. The maximum Gasteiger partial charge on any atom is 0.200 e. The molecule has 1 heterocycles. The van der Waals surface area contributed by atoms with Gasteiger partial charge in [-0.1, -0.05) is 18.2 Å². The molecule has 0 aliphatic heterocycles. The second kappa shape index (κ2) is 8.14. The van der Waals surface area contributed by atoms with Gasteiger partial charge in [0, 0.05) is 23.8 Å². The third-order valence-electron chi connectivity index (χ3n) is 4.67. The number of hydrogen-bond acceptors (Lipinski definition) is 5. The minimum Gasteiger partial charge on any atom is -0.502 e. The Morgan fingerprint density at radius 3 is 2.33 bits per heavy atom. The number of phenols is 1. The molecule has 0 amide bonds. The summed E-state index contributed by atoms with van der Waals surface area (Å²) >= 11 is 0. The Bertz CT molecular complexity index is 881. The van der Waals surface area contributed by atoms with Crippen LogP contribution < -0.4 is 14.8 Å². The third kappa shape index (κ3) is 3.90. The predicted molar refractivity (Wildman–Crippen MR) is 105 cm³/mol. The van der Waals surface area contributed by atoms with Crippen molar-refractivity contribution < 1.29 is 14.6 Å². The van der Waals surface area contributed by atoms with Crippen LogP contribution in [0.4, 0.5) is 0 Å². The van der Waals surface area contributed by atoms with E-state index in [1.165, 1.54) is 14.2 Å². The van der Waals surface area contributed by atoms with Gasteiger partial charge in [-0.15, -0.1) is 0 Å². The molecule has 27 heavy (non-hydrogen) atoms. The van der Waals surface area contributed by atoms with Crippen LogP contribution >= 0.6 is 0 Å². The summed E-state index contributed by atoms with van der Waals surface area (Å²) in [7, 11) is 3.05. The number of phenolic OH excluding ortho intramolecular Hbond substituents is 1. The van der Waals surface area contributed by atoms with Gasteiger partial charge >= 0.3 is 0 Å². The van der Waals surface area contributed by atoms with Crippen LogP contribution in [-0.2, 0) is 6.54 Å². The van der Waals surface area contributed by atoms with Gasteiger partial charge in [-0.2, -0.15) is 5.10 Å². The lowest BCUT2D eigenvalue weighted by Crippen LogP contribution is -2.18. The van der Waals surface area contributed by atoms with Gasteiger partial charge in [-0.3, -0.25) is 0 Å². The Labute approximate surface area is 159 Å². The molecule has 1 atom stereocenters. The average Bonchev–Trinajstić information content (AvgIpc) is 3.09. The van der Waals surface area contributed by atoms with Gasteiger partial charge < -0.3 is 19.9 Å². The number of para-hydroxylation sites is 1. The molecule has 0 radical (unpaired) electrons. The zero-order chi connectivity index (χ0) is 19.4. The summed E-state index contributed by atoms with van der Waals surface area (Å²) in [5, 5.41) is 18.1. The molecule has 6 heteroatoms. The van der Waals surface area contributed by atoms with Crippen molar-refractivity contribution in [3.63, 3.8) is 0 Å². The van der Waals surface area contributed by atoms with Crippen molar-refractivity contribution in [2.45, 2.75) is 26.4 Å². The van der Waals surface area contributed by atoms with Gasteiger partial charge in [-0.05, 0) is 43.7 Å². The summed E-state index contributed by atoms with van der Waals surface area (Å²) in [5.41, 5.74) is 4.24. The van der Waals surface area contributed by atoms with E-state index in [-0.39, 0.29) is 11.8 Å². The number of hydrogen-bond donors (Lipinski definition) is 2. The molecule has 1 aromatic heterocycles. The molecular formula is C21H25N3O3. The van der Waals surface area contributed by atoms with E-state index in [2.05, 4.69) is 24.3 Å². The molecule has 0 aliphatic carbocycles. The van der Waals surface area contributed by atoms with Crippen LogP contribution in [0.15, 0.2) is 48.7 Å². The molecule has 0 fully saturated rings. The predicted octanol–water partition coefficient (Wildman–Crippen LogP) is 3.75. The molecule has 2 N–H and O–H groups in total. The molecule has 0 spiro atoms. The van der Waals surface area contributed by atoms with E-state index in [0.717, 1.165) is 22.5 Å². The highest BCUT2D eigenvalue weighted by Gasteiger charge is 2.15. The van der Waals surface area contributed by atoms with E-state index >= 15 is 0 Å². The SMILES string of the molecule is COc1cc(CNC(C)c2cnn(-c3ccccc3)c2C)cc(OC)c1O. The van der Waals surface area contributed by atoms with Crippen molar-refractivity contribution >= 4 is 0 Å². The first-order valence-electron chi connectivity index (χ1n) is 8.82. The number of ether oxygens (including phenoxy) is 2. The van der Waals surface area contributed by atoms with Gasteiger partial charge in [0.25, 0.3) is 0 Å². The van der Waals surface area contributed by atoms with Crippen molar-refractivity contribution in [1.82, 2.24) is 15.1 Å². The monoisotopic (exact) mass is 367 g/mol. The topological polar surface area (TPSA) is 68.5 Å². The van der Waals surface area contributed by atoms with E-state index < -0.39 is 0 Å². The standard InChI is InChI=1S/C21H25N3O3/c1-14(18-13-23-24(15(18)2)17-8-6-5-7-9-17)22-12-16-10-19(26-3)21(25)20(11-16)27-4/h5-11,13-14,22,25H,12H2,1-4H3. The zero-order valence-electron chi connectivity index (χ0n) is 16.1. The van der Waals surface area contributed by atoms with Crippen LogP contribution in [0.5, 0.6) is 17.2 Å². The Kier molecular flexibility index (Phi) is 5.66. The normalized spacial score (nSPS) is 12.0. The summed E-state index contributed by atoms with van der Waals surface area (Å²) in [5.74, 6) is 0.801. The number of methoxy groups -OCH3 is 2. The first-order valence-corrected chi connectivity index (χ1v) is 8.82. The summed E-state index contributed by atoms with van der Waals surface area (Å²) in [4.78, 5) is 0. The fraction of sp³-hybridized carbons (Fsp3) is 0.286. The van der Waals surface area contributed by atoms with Gasteiger partial charge in [0.15, 0.2) is 11.5 Å². The van der Waals surface area contributed by atoms with Gasteiger partial charge in [0.1, 0.15) is 0 Å².